The van der Waals surface area contributed by atoms with Crippen LogP contribution in [0.1, 0.15) is 24.2 Å². The van der Waals surface area contributed by atoms with Crippen LogP contribution < -0.4 is 5.32 Å². The third-order valence-corrected chi connectivity index (χ3v) is 2.19. The molecule has 0 fully saturated rings. The molecule has 1 rings (SSSR count). The van der Waals surface area contributed by atoms with Gasteiger partial charge in [-0.3, -0.25) is 14.9 Å². The number of nitrogens with zero attached hydrogens (tertiary/aromatic N) is 1. The third-order valence-electron chi connectivity index (χ3n) is 2.19. The second-order valence-corrected chi connectivity index (χ2v) is 4.14. The molecule has 6 heteroatoms. The highest BCUT2D eigenvalue weighted by Crippen LogP contribution is 2.17. The highest BCUT2D eigenvalue weighted by molar-refractivity contribution is 5.95. The molecule has 1 amide bonds. The Balaban J connectivity index is 3.10. The largest absolute Gasteiger partial charge is 0.336 e. The first-order chi connectivity index (χ1) is 8.26. The summed E-state index contributed by atoms with van der Waals surface area (Å²) in [6, 6.07) is 2.73. The Morgan fingerprint density at radius 3 is 2.67 bits per heavy atom. The van der Waals surface area contributed by atoms with Crippen LogP contribution in [0, 0.1) is 28.3 Å². The fraction of sp³-hybridized carbons (Fsp3) is 0.250. The van der Waals surface area contributed by atoms with E-state index < -0.39 is 27.8 Å². The number of carbonyl (C=O) groups is 1. The number of rotatable bonds is 3. The van der Waals surface area contributed by atoms with E-state index in [1.807, 2.05) is 0 Å². The van der Waals surface area contributed by atoms with E-state index in [2.05, 4.69) is 11.2 Å². The Morgan fingerprint density at radius 1 is 1.56 bits per heavy atom. The van der Waals surface area contributed by atoms with Gasteiger partial charge in [-0.15, -0.1) is 6.42 Å². The first-order valence-corrected chi connectivity index (χ1v) is 5.01. The Labute approximate surface area is 103 Å². The molecule has 1 aromatic carbocycles. The van der Waals surface area contributed by atoms with E-state index in [1.54, 1.807) is 13.8 Å². The summed E-state index contributed by atoms with van der Waals surface area (Å²) >= 11 is 0. The maximum Gasteiger partial charge on any atom is 0.270 e. The summed E-state index contributed by atoms with van der Waals surface area (Å²) in [6.45, 7) is 3.11. The Morgan fingerprint density at radius 2 is 2.17 bits per heavy atom. The zero-order valence-corrected chi connectivity index (χ0v) is 9.86. The van der Waals surface area contributed by atoms with Crippen molar-refractivity contribution in [2.45, 2.75) is 19.4 Å². The minimum atomic E-state index is -0.964. The third kappa shape index (κ3) is 3.04. The fourth-order valence-corrected chi connectivity index (χ4v) is 1.19. The molecule has 0 bridgehead atoms. The molecule has 0 aliphatic heterocycles. The van der Waals surface area contributed by atoms with Gasteiger partial charge < -0.3 is 5.32 Å². The van der Waals surface area contributed by atoms with Crippen LogP contribution in [-0.2, 0) is 0 Å². The summed E-state index contributed by atoms with van der Waals surface area (Å²) in [7, 11) is 0. The van der Waals surface area contributed by atoms with E-state index in [4.69, 9.17) is 6.42 Å². The highest BCUT2D eigenvalue weighted by atomic mass is 19.1. The topological polar surface area (TPSA) is 72.2 Å². The number of hydrogen-bond donors (Lipinski definition) is 1. The number of hydrogen-bond acceptors (Lipinski definition) is 3. The average Bonchev–Trinajstić information content (AvgIpc) is 2.28. The molecule has 0 heterocycles. The molecule has 0 spiro atoms. The van der Waals surface area contributed by atoms with Crippen molar-refractivity contribution in [2.75, 3.05) is 0 Å². The predicted molar refractivity (Wildman–Crippen MR) is 63.4 cm³/mol. The Hall–Kier alpha value is -2.42. The number of carbonyl (C=O) groups excluding carboxylic acids is 1. The number of benzene rings is 1. The van der Waals surface area contributed by atoms with Crippen LogP contribution in [0.4, 0.5) is 10.1 Å². The molecule has 1 N–H and O–H groups in total. The van der Waals surface area contributed by atoms with Crippen molar-refractivity contribution < 1.29 is 14.1 Å². The molecule has 0 aliphatic carbocycles. The van der Waals surface area contributed by atoms with Crippen molar-refractivity contribution >= 4 is 11.6 Å². The van der Waals surface area contributed by atoms with Gasteiger partial charge in [0.2, 0.25) is 0 Å². The van der Waals surface area contributed by atoms with Crippen LogP contribution in [0.3, 0.4) is 0 Å². The quantitative estimate of drug-likeness (QED) is 0.505. The minimum Gasteiger partial charge on any atom is -0.336 e. The molecule has 5 nitrogen and oxygen atoms in total. The first kappa shape index (κ1) is 13.6. The lowest BCUT2D eigenvalue weighted by atomic mass is 10.1. The number of amides is 1. The Bertz CT molecular complexity index is 547. The van der Waals surface area contributed by atoms with Crippen LogP contribution in [0.25, 0.3) is 0 Å². The summed E-state index contributed by atoms with van der Waals surface area (Å²) in [5.74, 6) is 0.676. The van der Waals surface area contributed by atoms with Gasteiger partial charge >= 0.3 is 0 Å². The molecule has 0 aromatic heterocycles. The maximum atomic E-state index is 13.4. The maximum absolute atomic E-state index is 13.4. The smallest absolute Gasteiger partial charge is 0.270 e. The van der Waals surface area contributed by atoms with Crippen LogP contribution in [0.2, 0.25) is 0 Å². The van der Waals surface area contributed by atoms with Crippen molar-refractivity contribution in [1.82, 2.24) is 5.32 Å². The average molecular weight is 250 g/mol. The normalized spacial score (nSPS) is 10.6. The fourth-order valence-electron chi connectivity index (χ4n) is 1.19. The lowest BCUT2D eigenvalue weighted by molar-refractivity contribution is -0.384. The van der Waals surface area contributed by atoms with E-state index in [-0.39, 0.29) is 5.69 Å². The number of terminal acetylenes is 1. The molecular formula is C12H11FN2O3. The van der Waals surface area contributed by atoms with Crippen LogP contribution in [0.15, 0.2) is 18.2 Å². The van der Waals surface area contributed by atoms with Crippen molar-refractivity contribution in [3.8, 4) is 12.3 Å². The van der Waals surface area contributed by atoms with Crippen molar-refractivity contribution in [3.05, 3.63) is 39.7 Å². The number of nitro groups is 1. The van der Waals surface area contributed by atoms with Crippen molar-refractivity contribution in [1.29, 1.82) is 0 Å². The predicted octanol–water partition coefficient (Wildman–Crippen LogP) is 1.88. The lowest BCUT2D eigenvalue weighted by Gasteiger charge is -2.19. The van der Waals surface area contributed by atoms with Gasteiger partial charge in [0.25, 0.3) is 11.6 Å². The molecule has 18 heavy (non-hydrogen) atoms. The number of halogens is 1. The second kappa shape index (κ2) is 4.84. The minimum absolute atomic E-state index is 0.361. The number of nitro benzene ring substituents is 1. The van der Waals surface area contributed by atoms with Crippen molar-refractivity contribution in [2.24, 2.45) is 0 Å². The van der Waals surface area contributed by atoms with Gasteiger partial charge in [-0.25, -0.2) is 4.39 Å². The van der Waals surface area contributed by atoms with E-state index in [0.717, 1.165) is 18.2 Å². The van der Waals surface area contributed by atoms with Gasteiger partial charge in [0.05, 0.1) is 16.0 Å². The lowest BCUT2D eigenvalue weighted by Crippen LogP contribution is -2.42. The van der Waals surface area contributed by atoms with E-state index in [9.17, 15) is 19.3 Å². The van der Waals surface area contributed by atoms with Crippen LogP contribution >= 0.6 is 0 Å². The number of nitrogens with one attached hydrogen (secondary N) is 1. The molecule has 0 aliphatic rings. The van der Waals surface area contributed by atoms with E-state index in [0.29, 0.717) is 0 Å². The van der Waals surface area contributed by atoms with Crippen molar-refractivity contribution in [3.63, 3.8) is 0 Å². The van der Waals surface area contributed by atoms with Gasteiger partial charge in [-0.05, 0) is 19.9 Å². The molecule has 1 aromatic rings. The van der Waals surface area contributed by atoms with Gasteiger partial charge in [0.1, 0.15) is 5.82 Å². The summed E-state index contributed by atoms with van der Waals surface area (Å²) in [5.41, 5.74) is -1.73. The zero-order valence-electron chi connectivity index (χ0n) is 9.86. The van der Waals surface area contributed by atoms with Gasteiger partial charge in [-0.1, -0.05) is 5.92 Å². The summed E-state index contributed by atoms with van der Waals surface area (Å²) < 4.78 is 13.4. The summed E-state index contributed by atoms with van der Waals surface area (Å²) in [6.07, 6.45) is 5.18. The molecule has 0 radical (unpaired) electrons. The van der Waals surface area contributed by atoms with Crippen LogP contribution in [-0.4, -0.2) is 16.4 Å². The molecule has 0 unspecified atom stereocenters. The standard InChI is InChI=1S/C12H11FN2O3/c1-4-12(2,3)14-11(16)9-7-8(15(17)18)5-6-10(9)13/h1,5-7H,2-3H3,(H,14,16). The van der Waals surface area contributed by atoms with Gasteiger partial charge in [0, 0.05) is 12.1 Å². The summed E-state index contributed by atoms with van der Waals surface area (Å²) in [5, 5.41) is 12.9. The second-order valence-electron chi connectivity index (χ2n) is 4.14. The molecule has 0 saturated heterocycles. The van der Waals surface area contributed by atoms with Crippen LogP contribution in [0.5, 0.6) is 0 Å². The highest BCUT2D eigenvalue weighted by Gasteiger charge is 2.22. The summed E-state index contributed by atoms with van der Waals surface area (Å²) in [4.78, 5) is 21.6. The molecule has 0 atom stereocenters. The Kier molecular flexibility index (Phi) is 3.67. The number of non-ortho nitro benzene ring substituents is 1. The first-order valence-electron chi connectivity index (χ1n) is 5.01. The SMILES string of the molecule is C#CC(C)(C)NC(=O)c1cc([N+](=O)[O-])ccc1F. The van der Waals surface area contributed by atoms with Gasteiger partial charge in [0.15, 0.2) is 0 Å². The zero-order chi connectivity index (χ0) is 13.9. The van der Waals surface area contributed by atoms with Gasteiger partial charge in [-0.2, -0.15) is 0 Å². The molecule has 0 saturated carbocycles. The monoisotopic (exact) mass is 250 g/mol. The van der Waals surface area contributed by atoms with E-state index in [1.165, 1.54) is 0 Å². The van der Waals surface area contributed by atoms with E-state index >= 15 is 0 Å². The molecular weight excluding hydrogens is 239 g/mol. The molecule has 94 valence electrons.